The Labute approximate surface area is 282 Å². The number of benzene rings is 8. The quantitative estimate of drug-likeness (QED) is 0.196. The van der Waals surface area contributed by atoms with Crippen molar-refractivity contribution in [3.63, 3.8) is 0 Å². The Morgan fingerprint density at radius 1 is 0.408 bits per heavy atom. The molecule has 0 spiro atoms. The van der Waals surface area contributed by atoms with Gasteiger partial charge in [-0.05, 0) is 50.9 Å². The van der Waals surface area contributed by atoms with Crippen LogP contribution in [0.3, 0.4) is 0 Å². The molecule has 228 valence electrons. The van der Waals surface area contributed by atoms with Crippen LogP contribution in [0.25, 0.3) is 99.3 Å². The molecule has 0 aliphatic heterocycles. The third-order valence-electron chi connectivity index (χ3n) is 9.66. The van der Waals surface area contributed by atoms with Gasteiger partial charge in [0.15, 0.2) is 5.82 Å². The molecule has 0 amide bonds. The molecule has 0 bridgehead atoms. The fourth-order valence-corrected chi connectivity index (χ4v) is 7.48. The minimum absolute atomic E-state index is 0.714. The predicted octanol–water partition coefficient (Wildman–Crippen LogP) is 12.5. The number of aromatic nitrogens is 2. The largest absolute Gasteiger partial charge is 0.455 e. The standard InChI is InChI=1S/C46H28N2O/c1-3-14-29(15-4-1)41-35-19-7-8-20-36(35)42(43-38-22-10-12-25-40(38)49-45(41)43)34-23-13-18-31-28-32(26-27-33(31)34)46-47-39-24-11-9-21-37(39)44(48-46)30-16-5-2-6-17-30/h1-28H. The van der Waals surface area contributed by atoms with E-state index in [0.717, 1.165) is 66.2 Å². The van der Waals surface area contributed by atoms with Gasteiger partial charge in [-0.15, -0.1) is 0 Å². The molecular weight excluding hydrogens is 597 g/mol. The van der Waals surface area contributed by atoms with E-state index in [9.17, 15) is 0 Å². The van der Waals surface area contributed by atoms with E-state index in [1.54, 1.807) is 0 Å². The number of fused-ring (bicyclic) bond motifs is 6. The Morgan fingerprint density at radius 3 is 1.86 bits per heavy atom. The van der Waals surface area contributed by atoms with Gasteiger partial charge in [0.2, 0.25) is 0 Å². The van der Waals surface area contributed by atoms with Crippen molar-refractivity contribution in [2.24, 2.45) is 0 Å². The summed E-state index contributed by atoms with van der Waals surface area (Å²) in [4.78, 5) is 10.2. The molecule has 0 aliphatic rings. The van der Waals surface area contributed by atoms with Crippen molar-refractivity contribution in [2.45, 2.75) is 0 Å². The second-order valence-corrected chi connectivity index (χ2v) is 12.5. The third-order valence-corrected chi connectivity index (χ3v) is 9.66. The SMILES string of the molecule is c1ccc(-c2nc(-c3ccc4c(-c5c6ccccc6c(-c6ccccc6)c6oc7ccccc7c56)cccc4c3)nc3ccccc23)cc1. The van der Waals surface area contributed by atoms with Crippen LogP contribution in [0.1, 0.15) is 0 Å². The first-order valence-corrected chi connectivity index (χ1v) is 16.6. The van der Waals surface area contributed by atoms with E-state index in [4.69, 9.17) is 14.4 Å². The highest BCUT2D eigenvalue weighted by Crippen LogP contribution is 2.48. The van der Waals surface area contributed by atoms with Crippen molar-refractivity contribution in [3.8, 4) is 44.9 Å². The summed E-state index contributed by atoms with van der Waals surface area (Å²) in [6, 6.07) is 59.5. The van der Waals surface area contributed by atoms with E-state index in [1.165, 1.54) is 27.3 Å². The van der Waals surface area contributed by atoms with E-state index in [-0.39, 0.29) is 0 Å². The maximum Gasteiger partial charge on any atom is 0.160 e. The zero-order chi connectivity index (χ0) is 32.3. The first kappa shape index (κ1) is 27.5. The van der Waals surface area contributed by atoms with Gasteiger partial charge < -0.3 is 4.42 Å². The Morgan fingerprint density at radius 2 is 1.06 bits per heavy atom. The summed E-state index contributed by atoms with van der Waals surface area (Å²) in [5, 5.41) is 7.95. The highest BCUT2D eigenvalue weighted by atomic mass is 16.3. The fraction of sp³-hybridized carbons (Fsp3) is 0. The zero-order valence-corrected chi connectivity index (χ0v) is 26.5. The van der Waals surface area contributed by atoms with Gasteiger partial charge in [0.1, 0.15) is 11.2 Å². The van der Waals surface area contributed by atoms with E-state index in [0.29, 0.717) is 5.82 Å². The molecule has 0 N–H and O–H groups in total. The Hall–Kier alpha value is -6.58. The molecule has 0 atom stereocenters. The van der Waals surface area contributed by atoms with Crippen LogP contribution in [-0.4, -0.2) is 9.97 Å². The fourth-order valence-electron chi connectivity index (χ4n) is 7.48. The minimum Gasteiger partial charge on any atom is -0.455 e. The van der Waals surface area contributed by atoms with Crippen LogP contribution < -0.4 is 0 Å². The molecule has 10 aromatic rings. The second kappa shape index (κ2) is 11.0. The number of hydrogen-bond acceptors (Lipinski definition) is 3. The lowest BCUT2D eigenvalue weighted by molar-refractivity contribution is 0.670. The Balaban J connectivity index is 1.24. The van der Waals surface area contributed by atoms with Gasteiger partial charge in [-0.25, -0.2) is 9.97 Å². The topological polar surface area (TPSA) is 38.9 Å². The first-order chi connectivity index (χ1) is 24.3. The van der Waals surface area contributed by atoms with Crippen LogP contribution in [0, 0.1) is 0 Å². The average molecular weight is 625 g/mol. The molecule has 0 radical (unpaired) electrons. The molecule has 3 heteroatoms. The molecule has 2 heterocycles. The van der Waals surface area contributed by atoms with E-state index < -0.39 is 0 Å². The summed E-state index contributed by atoms with van der Waals surface area (Å²) in [6.07, 6.45) is 0. The molecular formula is C46H28N2O. The van der Waals surface area contributed by atoms with Gasteiger partial charge >= 0.3 is 0 Å². The molecule has 0 saturated heterocycles. The highest BCUT2D eigenvalue weighted by molar-refractivity contribution is 6.28. The second-order valence-electron chi connectivity index (χ2n) is 12.5. The highest BCUT2D eigenvalue weighted by Gasteiger charge is 2.23. The van der Waals surface area contributed by atoms with E-state index in [2.05, 4.69) is 146 Å². The minimum atomic E-state index is 0.714. The van der Waals surface area contributed by atoms with Gasteiger partial charge in [0, 0.05) is 38.4 Å². The zero-order valence-electron chi connectivity index (χ0n) is 26.5. The molecule has 0 fully saturated rings. The summed E-state index contributed by atoms with van der Waals surface area (Å²) in [5.41, 5.74) is 10.3. The number of rotatable bonds is 4. The number of furan rings is 1. The summed E-state index contributed by atoms with van der Waals surface area (Å²) >= 11 is 0. The van der Waals surface area contributed by atoms with Crippen LogP contribution in [0.5, 0.6) is 0 Å². The third kappa shape index (κ3) is 4.37. The van der Waals surface area contributed by atoms with Gasteiger partial charge in [0.05, 0.1) is 11.2 Å². The van der Waals surface area contributed by atoms with Crippen molar-refractivity contribution in [1.29, 1.82) is 0 Å². The van der Waals surface area contributed by atoms with Gasteiger partial charge in [-0.3, -0.25) is 0 Å². The van der Waals surface area contributed by atoms with Crippen molar-refractivity contribution >= 4 is 54.4 Å². The molecule has 0 aliphatic carbocycles. The summed E-state index contributed by atoms with van der Waals surface area (Å²) in [7, 11) is 0. The number of nitrogens with zero attached hydrogens (tertiary/aromatic N) is 2. The monoisotopic (exact) mass is 624 g/mol. The predicted molar refractivity (Wildman–Crippen MR) is 204 cm³/mol. The molecule has 3 nitrogen and oxygen atoms in total. The van der Waals surface area contributed by atoms with E-state index >= 15 is 0 Å². The molecule has 0 unspecified atom stereocenters. The van der Waals surface area contributed by atoms with Crippen molar-refractivity contribution < 1.29 is 4.42 Å². The maximum atomic E-state index is 6.76. The van der Waals surface area contributed by atoms with Gasteiger partial charge in [0.25, 0.3) is 0 Å². The number of hydrogen-bond donors (Lipinski definition) is 0. The van der Waals surface area contributed by atoms with E-state index in [1.807, 2.05) is 24.3 Å². The summed E-state index contributed by atoms with van der Waals surface area (Å²) in [5.74, 6) is 0.714. The lowest BCUT2D eigenvalue weighted by atomic mass is 9.86. The van der Waals surface area contributed by atoms with Crippen molar-refractivity contribution in [3.05, 3.63) is 170 Å². The van der Waals surface area contributed by atoms with Crippen molar-refractivity contribution in [2.75, 3.05) is 0 Å². The molecule has 8 aromatic carbocycles. The molecule has 49 heavy (non-hydrogen) atoms. The Kier molecular flexibility index (Phi) is 6.18. The molecule has 2 aromatic heterocycles. The van der Waals surface area contributed by atoms with Crippen LogP contribution in [0.2, 0.25) is 0 Å². The Bertz CT molecular complexity index is 2870. The van der Waals surface area contributed by atoms with Crippen molar-refractivity contribution in [1.82, 2.24) is 9.97 Å². The smallest absolute Gasteiger partial charge is 0.160 e. The van der Waals surface area contributed by atoms with Crippen LogP contribution >= 0.6 is 0 Å². The van der Waals surface area contributed by atoms with Gasteiger partial charge in [-0.1, -0.05) is 152 Å². The van der Waals surface area contributed by atoms with Crippen LogP contribution in [0.4, 0.5) is 0 Å². The average Bonchev–Trinajstić information content (AvgIpc) is 3.55. The molecule has 0 saturated carbocycles. The van der Waals surface area contributed by atoms with Crippen LogP contribution in [-0.2, 0) is 0 Å². The van der Waals surface area contributed by atoms with Gasteiger partial charge in [-0.2, -0.15) is 0 Å². The lowest BCUT2D eigenvalue weighted by Crippen LogP contribution is -1.95. The number of para-hydroxylation sites is 2. The summed E-state index contributed by atoms with van der Waals surface area (Å²) in [6.45, 7) is 0. The summed E-state index contributed by atoms with van der Waals surface area (Å²) < 4.78 is 6.76. The first-order valence-electron chi connectivity index (χ1n) is 16.6. The maximum absolute atomic E-state index is 6.76. The molecule has 10 rings (SSSR count). The lowest BCUT2D eigenvalue weighted by Gasteiger charge is -2.16. The normalized spacial score (nSPS) is 11.7. The van der Waals surface area contributed by atoms with Crippen LogP contribution in [0.15, 0.2) is 174 Å².